The topological polar surface area (TPSA) is 84.1 Å². The zero-order valence-corrected chi connectivity index (χ0v) is 12.6. The molecule has 1 unspecified atom stereocenters. The number of fused-ring (bicyclic) bond motifs is 1. The molecule has 0 aliphatic carbocycles. The van der Waals surface area contributed by atoms with Gasteiger partial charge in [0.05, 0.1) is 11.6 Å². The van der Waals surface area contributed by atoms with Crippen molar-refractivity contribution in [2.45, 2.75) is 25.5 Å². The van der Waals surface area contributed by atoms with Gasteiger partial charge in [-0.25, -0.2) is 0 Å². The molecule has 1 saturated heterocycles. The Morgan fingerprint density at radius 3 is 3.00 bits per heavy atom. The molecule has 1 N–H and O–H groups in total. The van der Waals surface area contributed by atoms with Crippen LogP contribution in [0.15, 0.2) is 35.3 Å². The van der Waals surface area contributed by atoms with Crippen molar-refractivity contribution in [2.24, 2.45) is 0 Å². The van der Waals surface area contributed by atoms with Gasteiger partial charge in [-0.2, -0.15) is 5.26 Å². The summed E-state index contributed by atoms with van der Waals surface area (Å²) in [6.45, 7) is 1.29. The van der Waals surface area contributed by atoms with Crippen LogP contribution in [0.2, 0.25) is 0 Å². The first-order chi connectivity index (χ1) is 11.2. The van der Waals surface area contributed by atoms with E-state index in [-0.39, 0.29) is 29.5 Å². The van der Waals surface area contributed by atoms with E-state index in [2.05, 4.69) is 5.32 Å². The predicted molar refractivity (Wildman–Crippen MR) is 84.9 cm³/mol. The molecule has 1 amide bonds. The second-order valence-electron chi connectivity index (χ2n) is 5.57. The average Bonchev–Trinajstić information content (AvgIpc) is 3.09. The standard InChI is InChI=1S/C17H17N3O3/c18-8-12-10-20(15-6-2-1-5-14(15)17(12)22)11-16(21)19-9-13-4-3-7-23-13/h1-2,5-6,10,13H,3-4,7,9,11H2,(H,19,21). The lowest BCUT2D eigenvalue weighted by molar-refractivity contribution is -0.122. The molecule has 0 spiro atoms. The smallest absolute Gasteiger partial charge is 0.240 e. The number of ether oxygens (including phenoxy) is 1. The van der Waals surface area contributed by atoms with Crippen LogP contribution in [0, 0.1) is 11.3 Å². The Bertz CT molecular complexity index is 829. The molecule has 2 aromatic rings. The van der Waals surface area contributed by atoms with Crippen molar-refractivity contribution in [3.05, 3.63) is 46.2 Å². The quantitative estimate of drug-likeness (QED) is 0.918. The lowest BCUT2D eigenvalue weighted by atomic mass is 10.1. The second kappa shape index (κ2) is 6.63. The van der Waals surface area contributed by atoms with Gasteiger partial charge in [-0.1, -0.05) is 12.1 Å². The normalized spacial score (nSPS) is 17.1. The van der Waals surface area contributed by atoms with Gasteiger partial charge in [0.1, 0.15) is 18.2 Å². The summed E-state index contributed by atoms with van der Waals surface area (Å²) in [6, 6.07) is 8.87. The van der Waals surface area contributed by atoms with Crippen LogP contribution in [0.3, 0.4) is 0 Å². The number of para-hydroxylation sites is 1. The highest BCUT2D eigenvalue weighted by atomic mass is 16.5. The summed E-state index contributed by atoms with van der Waals surface area (Å²) in [7, 11) is 0. The summed E-state index contributed by atoms with van der Waals surface area (Å²) in [5.74, 6) is -0.168. The largest absolute Gasteiger partial charge is 0.376 e. The number of aromatic nitrogens is 1. The van der Waals surface area contributed by atoms with Crippen LogP contribution in [0.4, 0.5) is 0 Å². The fourth-order valence-electron chi connectivity index (χ4n) is 2.80. The highest BCUT2D eigenvalue weighted by Crippen LogP contribution is 2.12. The van der Waals surface area contributed by atoms with Crippen molar-refractivity contribution in [3.63, 3.8) is 0 Å². The van der Waals surface area contributed by atoms with Gasteiger partial charge in [0, 0.05) is 24.7 Å². The number of carbonyl (C=O) groups is 1. The first-order valence-electron chi connectivity index (χ1n) is 7.59. The molecule has 1 aliphatic rings. The lowest BCUT2D eigenvalue weighted by Crippen LogP contribution is -2.34. The highest BCUT2D eigenvalue weighted by molar-refractivity contribution is 5.83. The Hall–Kier alpha value is -2.65. The van der Waals surface area contributed by atoms with E-state index in [0.29, 0.717) is 17.4 Å². The first-order valence-corrected chi connectivity index (χ1v) is 7.59. The molecule has 23 heavy (non-hydrogen) atoms. The van der Waals surface area contributed by atoms with Crippen LogP contribution in [0.5, 0.6) is 0 Å². The summed E-state index contributed by atoms with van der Waals surface area (Å²) >= 11 is 0. The Morgan fingerprint density at radius 2 is 2.26 bits per heavy atom. The van der Waals surface area contributed by atoms with Gasteiger partial charge < -0.3 is 14.6 Å². The summed E-state index contributed by atoms with van der Waals surface area (Å²) in [5, 5.41) is 12.4. The number of rotatable bonds is 4. The van der Waals surface area contributed by atoms with E-state index < -0.39 is 0 Å². The highest BCUT2D eigenvalue weighted by Gasteiger charge is 2.17. The van der Waals surface area contributed by atoms with E-state index in [4.69, 9.17) is 10.00 Å². The van der Waals surface area contributed by atoms with Crippen LogP contribution >= 0.6 is 0 Å². The monoisotopic (exact) mass is 311 g/mol. The predicted octanol–water partition coefficient (Wildman–Crippen LogP) is 1.17. The number of hydrogen-bond donors (Lipinski definition) is 1. The molecule has 118 valence electrons. The van der Waals surface area contributed by atoms with Crippen LogP contribution in [0.25, 0.3) is 10.9 Å². The summed E-state index contributed by atoms with van der Waals surface area (Å²) in [5.41, 5.74) is 0.374. The number of pyridine rings is 1. The maximum Gasteiger partial charge on any atom is 0.240 e. The van der Waals surface area contributed by atoms with E-state index in [9.17, 15) is 9.59 Å². The van der Waals surface area contributed by atoms with E-state index in [0.717, 1.165) is 19.4 Å². The molecule has 0 radical (unpaired) electrons. The minimum atomic E-state index is -0.306. The zero-order chi connectivity index (χ0) is 16.2. The number of nitriles is 1. The molecule has 1 fully saturated rings. The lowest BCUT2D eigenvalue weighted by Gasteiger charge is -2.14. The minimum Gasteiger partial charge on any atom is -0.376 e. The van der Waals surface area contributed by atoms with E-state index in [1.54, 1.807) is 28.8 Å². The first kappa shape index (κ1) is 15.3. The molecule has 1 aliphatic heterocycles. The Kier molecular flexibility index (Phi) is 4.40. The number of amides is 1. The Balaban J connectivity index is 1.81. The van der Waals surface area contributed by atoms with Crippen molar-refractivity contribution < 1.29 is 9.53 Å². The van der Waals surface area contributed by atoms with E-state index >= 15 is 0 Å². The maximum absolute atomic E-state index is 12.1. The minimum absolute atomic E-state index is 0.0376. The summed E-state index contributed by atoms with van der Waals surface area (Å²) < 4.78 is 7.11. The number of carbonyl (C=O) groups excluding carboxylic acids is 1. The number of benzene rings is 1. The molecule has 1 aromatic carbocycles. The molecule has 1 aromatic heterocycles. The van der Waals surface area contributed by atoms with Gasteiger partial charge in [-0.05, 0) is 25.0 Å². The van der Waals surface area contributed by atoms with Crippen molar-refractivity contribution in [3.8, 4) is 6.07 Å². The van der Waals surface area contributed by atoms with E-state index in [1.165, 1.54) is 6.20 Å². The van der Waals surface area contributed by atoms with Crippen LogP contribution in [0.1, 0.15) is 18.4 Å². The third kappa shape index (κ3) is 3.25. The van der Waals surface area contributed by atoms with Gasteiger partial charge in [-0.15, -0.1) is 0 Å². The summed E-state index contributed by atoms with van der Waals surface area (Å²) in [6.07, 6.45) is 3.51. The second-order valence-corrected chi connectivity index (χ2v) is 5.57. The molecule has 1 atom stereocenters. The number of hydrogen-bond acceptors (Lipinski definition) is 4. The van der Waals surface area contributed by atoms with Gasteiger partial charge in [0.25, 0.3) is 0 Å². The van der Waals surface area contributed by atoms with Crippen molar-refractivity contribution in [1.82, 2.24) is 9.88 Å². The van der Waals surface area contributed by atoms with Gasteiger partial charge in [0.15, 0.2) is 0 Å². The zero-order valence-electron chi connectivity index (χ0n) is 12.6. The van der Waals surface area contributed by atoms with Gasteiger partial charge in [0.2, 0.25) is 11.3 Å². The van der Waals surface area contributed by atoms with Crippen LogP contribution in [-0.4, -0.2) is 29.7 Å². The molecule has 2 heterocycles. The van der Waals surface area contributed by atoms with Gasteiger partial charge >= 0.3 is 0 Å². The van der Waals surface area contributed by atoms with Crippen molar-refractivity contribution in [1.29, 1.82) is 5.26 Å². The molecule has 3 rings (SSSR count). The van der Waals surface area contributed by atoms with Crippen molar-refractivity contribution >= 4 is 16.8 Å². The third-order valence-electron chi connectivity index (χ3n) is 3.97. The van der Waals surface area contributed by atoms with Crippen molar-refractivity contribution in [2.75, 3.05) is 13.2 Å². The molecular weight excluding hydrogens is 294 g/mol. The number of nitrogens with zero attached hydrogens (tertiary/aromatic N) is 2. The summed E-state index contributed by atoms with van der Waals surface area (Å²) in [4.78, 5) is 24.3. The SMILES string of the molecule is N#Cc1cn(CC(=O)NCC2CCCO2)c2ccccc2c1=O. The molecule has 0 bridgehead atoms. The Morgan fingerprint density at radius 1 is 1.43 bits per heavy atom. The maximum atomic E-state index is 12.1. The Labute approximate surface area is 133 Å². The molecular formula is C17H17N3O3. The molecule has 6 nitrogen and oxygen atoms in total. The van der Waals surface area contributed by atoms with E-state index in [1.807, 2.05) is 6.07 Å². The third-order valence-corrected chi connectivity index (χ3v) is 3.97. The average molecular weight is 311 g/mol. The number of nitrogens with one attached hydrogen (secondary N) is 1. The molecule has 0 saturated carbocycles. The fraction of sp³-hybridized carbons (Fsp3) is 0.353. The van der Waals surface area contributed by atoms with Crippen LogP contribution in [-0.2, 0) is 16.1 Å². The van der Waals surface area contributed by atoms with Gasteiger partial charge in [-0.3, -0.25) is 9.59 Å². The fourth-order valence-corrected chi connectivity index (χ4v) is 2.80. The van der Waals surface area contributed by atoms with Crippen LogP contribution < -0.4 is 10.7 Å². The molecule has 6 heteroatoms.